The Kier molecular flexibility index (Phi) is 6.45. The van der Waals surface area contributed by atoms with E-state index in [9.17, 15) is 13.6 Å². The summed E-state index contributed by atoms with van der Waals surface area (Å²) in [5.41, 5.74) is 0.0782. The first kappa shape index (κ1) is 23.5. The van der Waals surface area contributed by atoms with Crippen LogP contribution in [-0.4, -0.2) is 78.0 Å². The number of rotatable bonds is 6. The Morgan fingerprint density at radius 1 is 1.09 bits per heavy atom. The van der Waals surface area contributed by atoms with E-state index in [1.807, 2.05) is 0 Å². The van der Waals surface area contributed by atoms with Crippen molar-refractivity contribution in [3.05, 3.63) is 0 Å². The molecule has 6 aliphatic rings. The van der Waals surface area contributed by atoms with E-state index in [0.29, 0.717) is 31.2 Å². The van der Waals surface area contributed by atoms with E-state index in [1.54, 1.807) is 0 Å². The Morgan fingerprint density at radius 2 is 1.75 bits per heavy atom. The quantitative estimate of drug-likeness (QED) is 0.555. The van der Waals surface area contributed by atoms with E-state index in [-0.39, 0.29) is 47.5 Å². The highest BCUT2D eigenvalue weighted by molar-refractivity contribution is 6.21. The van der Waals surface area contributed by atoms with Crippen LogP contribution in [-0.2, 0) is 9.53 Å². The molecule has 0 aromatic carbocycles. The number of hydrogen-bond donors (Lipinski definition) is 2. The third kappa shape index (κ3) is 4.19. The molecule has 0 aromatic rings. The first-order chi connectivity index (χ1) is 15.2. The molecule has 5 nitrogen and oxygen atoms in total. The minimum Gasteiger partial charge on any atom is -0.368 e. The van der Waals surface area contributed by atoms with Crippen LogP contribution in [0.4, 0.5) is 8.78 Å². The van der Waals surface area contributed by atoms with E-state index >= 15 is 0 Å². The second-order valence-electron chi connectivity index (χ2n) is 11.1. The number of halogens is 4. The van der Waals surface area contributed by atoms with Gasteiger partial charge >= 0.3 is 0 Å². The lowest BCUT2D eigenvalue weighted by Gasteiger charge is -2.73. The number of nitrogens with zero attached hydrogens (tertiary/aromatic N) is 1. The zero-order valence-corrected chi connectivity index (χ0v) is 20.2. The molecule has 0 aromatic heterocycles. The minimum atomic E-state index is -1.06. The van der Waals surface area contributed by atoms with Crippen molar-refractivity contribution in [3.63, 3.8) is 0 Å². The third-order valence-corrected chi connectivity index (χ3v) is 9.86. The number of carbonyl (C=O) groups is 1. The zero-order valence-electron chi connectivity index (χ0n) is 18.7. The molecule has 1 heterocycles. The number of carbonyl (C=O) groups excluding carboxylic acids is 1. The molecule has 0 spiro atoms. The molecule has 6 fully saturated rings. The summed E-state index contributed by atoms with van der Waals surface area (Å²) in [6, 6.07) is 0.345. The molecule has 1 saturated heterocycles. The number of hydrogen-bond acceptors (Lipinski definition) is 4. The maximum atomic E-state index is 14.2. The lowest BCUT2D eigenvalue weighted by molar-refractivity contribution is -0.200. The zero-order chi connectivity index (χ0) is 22.7. The summed E-state index contributed by atoms with van der Waals surface area (Å²) >= 11 is 12.0. The smallest absolute Gasteiger partial charge is 0.246 e. The predicted molar refractivity (Wildman–Crippen MR) is 121 cm³/mol. The van der Waals surface area contributed by atoms with E-state index in [2.05, 4.69) is 22.6 Å². The van der Waals surface area contributed by atoms with Gasteiger partial charge in [-0.1, -0.05) is 0 Å². The average Bonchev–Trinajstić information content (AvgIpc) is 3.08. The van der Waals surface area contributed by atoms with Gasteiger partial charge < -0.3 is 10.1 Å². The highest BCUT2D eigenvalue weighted by Crippen LogP contribution is 2.69. The standard InChI is InChI=1S/C23H35Cl2F2N3O2/c1-30-19(13-2-4-15(24)17(26)6-13)8-28-21(30)22-10-23(11-22,12-22)29-20(31)9-32-14-3-5-16(25)18(27)7-14/h13-19,21,28H,2-12H2,1H3,(H,29,31). The van der Waals surface area contributed by atoms with E-state index in [1.165, 1.54) is 0 Å². The number of nitrogens with one attached hydrogen (secondary N) is 2. The summed E-state index contributed by atoms with van der Waals surface area (Å²) in [5.74, 6) is 0.234. The van der Waals surface area contributed by atoms with Gasteiger partial charge in [0.15, 0.2) is 0 Å². The molecule has 182 valence electrons. The fourth-order valence-corrected chi connectivity index (χ4v) is 7.78. The number of amides is 1. The lowest BCUT2D eigenvalue weighted by Crippen LogP contribution is -2.80. The summed E-state index contributed by atoms with van der Waals surface area (Å²) in [5, 5.41) is 6.10. The van der Waals surface area contributed by atoms with Crippen molar-refractivity contribution in [2.75, 3.05) is 20.2 Å². The summed E-state index contributed by atoms with van der Waals surface area (Å²) in [4.78, 5) is 14.9. The van der Waals surface area contributed by atoms with Crippen molar-refractivity contribution in [2.45, 2.75) is 105 Å². The second kappa shape index (κ2) is 8.78. The van der Waals surface area contributed by atoms with Crippen LogP contribution in [0.15, 0.2) is 0 Å². The number of ether oxygens (including phenoxy) is 1. The molecular weight excluding hydrogens is 459 g/mol. The Balaban J connectivity index is 1.06. The summed E-state index contributed by atoms with van der Waals surface area (Å²) in [6.07, 6.45) is 4.83. The minimum absolute atomic E-state index is 0.0175. The summed E-state index contributed by atoms with van der Waals surface area (Å²) in [6.45, 7) is 0.872. The topological polar surface area (TPSA) is 53.6 Å². The average molecular weight is 494 g/mol. The SMILES string of the molecule is CN1C(C2CCC(Cl)C(F)C2)CNC1C12CC(NC(=O)COC3CCC(Cl)C(F)C3)(C1)C2. The van der Waals surface area contributed by atoms with Gasteiger partial charge in [0, 0.05) is 30.0 Å². The molecule has 2 N–H and O–H groups in total. The van der Waals surface area contributed by atoms with Crippen molar-refractivity contribution < 1.29 is 18.3 Å². The van der Waals surface area contributed by atoms with Gasteiger partial charge in [0.25, 0.3) is 0 Å². The van der Waals surface area contributed by atoms with Crippen molar-refractivity contribution >= 4 is 29.1 Å². The molecule has 8 atom stereocenters. The van der Waals surface area contributed by atoms with E-state index in [4.69, 9.17) is 27.9 Å². The normalized spacial score (nSPS) is 51.0. The van der Waals surface area contributed by atoms with E-state index in [0.717, 1.165) is 38.6 Å². The first-order valence-electron chi connectivity index (χ1n) is 12.1. The first-order valence-corrected chi connectivity index (χ1v) is 13.0. The Hall–Kier alpha value is -0.210. The molecule has 8 unspecified atom stereocenters. The largest absolute Gasteiger partial charge is 0.368 e. The lowest BCUT2D eigenvalue weighted by atomic mass is 9.38. The van der Waals surface area contributed by atoms with Gasteiger partial charge in [-0.2, -0.15) is 0 Å². The molecule has 9 heteroatoms. The highest BCUT2D eigenvalue weighted by atomic mass is 35.5. The van der Waals surface area contributed by atoms with Crippen LogP contribution >= 0.6 is 23.2 Å². The summed E-state index contributed by atoms with van der Waals surface area (Å²) in [7, 11) is 2.16. The monoisotopic (exact) mass is 493 g/mol. The highest BCUT2D eigenvalue weighted by Gasteiger charge is 2.72. The van der Waals surface area contributed by atoms with Crippen molar-refractivity contribution in [1.29, 1.82) is 0 Å². The van der Waals surface area contributed by atoms with Crippen LogP contribution in [0.25, 0.3) is 0 Å². The van der Waals surface area contributed by atoms with Crippen molar-refractivity contribution in [3.8, 4) is 0 Å². The molecule has 2 bridgehead atoms. The van der Waals surface area contributed by atoms with Crippen molar-refractivity contribution in [1.82, 2.24) is 15.5 Å². The summed E-state index contributed by atoms with van der Waals surface area (Å²) < 4.78 is 33.6. The van der Waals surface area contributed by atoms with Crippen LogP contribution in [0.3, 0.4) is 0 Å². The van der Waals surface area contributed by atoms with E-state index < -0.39 is 17.7 Å². The molecule has 5 saturated carbocycles. The van der Waals surface area contributed by atoms with Gasteiger partial charge in [-0.15, -0.1) is 23.2 Å². The molecule has 1 aliphatic heterocycles. The van der Waals surface area contributed by atoms with Gasteiger partial charge in [0.2, 0.25) is 5.91 Å². The maximum absolute atomic E-state index is 14.2. The van der Waals surface area contributed by atoms with Gasteiger partial charge in [0.1, 0.15) is 19.0 Å². The predicted octanol–water partition coefficient (Wildman–Crippen LogP) is 3.52. The molecule has 0 radical (unpaired) electrons. The van der Waals surface area contributed by atoms with Crippen LogP contribution < -0.4 is 10.6 Å². The van der Waals surface area contributed by atoms with Crippen LogP contribution in [0.2, 0.25) is 0 Å². The van der Waals surface area contributed by atoms with Crippen molar-refractivity contribution in [2.24, 2.45) is 11.3 Å². The second-order valence-corrected chi connectivity index (χ2v) is 12.3. The molecule has 32 heavy (non-hydrogen) atoms. The van der Waals surface area contributed by atoms with Gasteiger partial charge in [0.05, 0.1) is 23.0 Å². The molecular formula is C23H35Cl2F2N3O2. The van der Waals surface area contributed by atoms with Gasteiger partial charge in [-0.05, 0) is 64.3 Å². The fourth-order valence-electron chi connectivity index (χ4n) is 7.33. The van der Waals surface area contributed by atoms with Crippen LogP contribution in [0.5, 0.6) is 0 Å². The van der Waals surface area contributed by atoms with Gasteiger partial charge in [-0.25, -0.2) is 8.78 Å². The van der Waals surface area contributed by atoms with Gasteiger partial charge in [-0.3, -0.25) is 15.0 Å². The fraction of sp³-hybridized carbons (Fsp3) is 0.957. The Labute approximate surface area is 199 Å². The van der Waals surface area contributed by atoms with Crippen LogP contribution in [0, 0.1) is 11.3 Å². The third-order valence-electron chi connectivity index (χ3n) is 8.88. The molecule has 6 rings (SSSR count). The maximum Gasteiger partial charge on any atom is 0.246 e. The molecule has 1 amide bonds. The molecule has 5 aliphatic carbocycles. The Bertz CT molecular complexity index is 712. The number of alkyl halides is 4. The number of likely N-dealkylation sites (N-methyl/N-ethyl adjacent to an activating group) is 1. The Morgan fingerprint density at radius 3 is 2.41 bits per heavy atom. The van der Waals surface area contributed by atoms with Crippen LogP contribution in [0.1, 0.15) is 57.8 Å².